The summed E-state index contributed by atoms with van der Waals surface area (Å²) < 4.78 is 0. The standard InChI is InChI=1S/C21H26O4/c1-19-8-5-14(23)11-13(19)3-4-15-16(19)6-9-20(2)17(15)7-10-21(20,25)18(24)12-22/h3,5-6,8,15,17,22,25H,4,7,9-12H2,1-2H3/t15?,17?,19-,20-,21-/m0/s1. The molecule has 0 heterocycles. The zero-order chi connectivity index (χ0) is 18.0. The van der Waals surface area contributed by atoms with Crippen molar-refractivity contribution >= 4 is 11.6 Å². The minimum absolute atomic E-state index is 0.159. The van der Waals surface area contributed by atoms with E-state index in [4.69, 9.17) is 0 Å². The van der Waals surface area contributed by atoms with E-state index in [2.05, 4.69) is 19.1 Å². The summed E-state index contributed by atoms with van der Waals surface area (Å²) in [5.41, 5.74) is 0.358. The Morgan fingerprint density at radius 3 is 2.80 bits per heavy atom. The van der Waals surface area contributed by atoms with Gasteiger partial charge in [-0.25, -0.2) is 0 Å². The Labute approximate surface area is 148 Å². The summed E-state index contributed by atoms with van der Waals surface area (Å²) in [6, 6.07) is 0. The first-order valence-corrected chi connectivity index (χ1v) is 9.25. The van der Waals surface area contributed by atoms with E-state index in [0.29, 0.717) is 19.3 Å². The monoisotopic (exact) mass is 342 g/mol. The number of aliphatic hydroxyl groups is 2. The molecule has 134 valence electrons. The van der Waals surface area contributed by atoms with Gasteiger partial charge < -0.3 is 10.2 Å². The number of carbonyl (C=O) groups excluding carboxylic acids is 2. The second kappa shape index (κ2) is 5.24. The van der Waals surface area contributed by atoms with Gasteiger partial charge in [0.1, 0.15) is 12.2 Å². The number of rotatable bonds is 2. The smallest absolute Gasteiger partial charge is 0.190 e. The van der Waals surface area contributed by atoms with Crippen LogP contribution in [0.15, 0.2) is 35.5 Å². The molecular weight excluding hydrogens is 316 g/mol. The fourth-order valence-electron chi connectivity index (χ4n) is 6.04. The first kappa shape index (κ1) is 16.9. The van der Waals surface area contributed by atoms with Crippen molar-refractivity contribution in [2.75, 3.05) is 6.61 Å². The highest BCUT2D eigenvalue weighted by atomic mass is 16.3. The van der Waals surface area contributed by atoms with E-state index in [9.17, 15) is 19.8 Å². The second-order valence-corrected chi connectivity index (χ2v) is 8.62. The van der Waals surface area contributed by atoms with Crippen molar-refractivity contribution in [2.24, 2.45) is 22.7 Å². The second-order valence-electron chi connectivity index (χ2n) is 8.62. The van der Waals surface area contributed by atoms with Gasteiger partial charge in [-0.1, -0.05) is 36.3 Å². The van der Waals surface area contributed by atoms with Gasteiger partial charge in [0.15, 0.2) is 11.6 Å². The van der Waals surface area contributed by atoms with E-state index >= 15 is 0 Å². The zero-order valence-electron chi connectivity index (χ0n) is 14.9. The van der Waals surface area contributed by atoms with Gasteiger partial charge in [0, 0.05) is 17.3 Å². The maximum atomic E-state index is 12.3. The molecule has 4 heteroatoms. The molecule has 4 aliphatic carbocycles. The number of Topliss-reactive ketones (excluding diaryl/α,β-unsaturated/α-hetero) is 1. The summed E-state index contributed by atoms with van der Waals surface area (Å²) in [6.45, 7) is 3.59. The Balaban J connectivity index is 1.77. The summed E-state index contributed by atoms with van der Waals surface area (Å²) in [5.74, 6) is 0.211. The maximum Gasteiger partial charge on any atom is 0.190 e. The number of ketones is 2. The molecule has 2 unspecified atom stereocenters. The van der Waals surface area contributed by atoms with Crippen molar-refractivity contribution in [1.82, 2.24) is 0 Å². The van der Waals surface area contributed by atoms with Gasteiger partial charge in [-0.2, -0.15) is 0 Å². The maximum absolute atomic E-state index is 12.3. The van der Waals surface area contributed by atoms with Crippen molar-refractivity contribution in [3.63, 3.8) is 0 Å². The zero-order valence-corrected chi connectivity index (χ0v) is 14.9. The van der Waals surface area contributed by atoms with Crippen LogP contribution in [0.2, 0.25) is 0 Å². The molecule has 0 amide bonds. The van der Waals surface area contributed by atoms with Gasteiger partial charge in [-0.05, 0) is 50.5 Å². The molecule has 5 atom stereocenters. The van der Waals surface area contributed by atoms with Crippen LogP contribution in [0, 0.1) is 22.7 Å². The van der Waals surface area contributed by atoms with Crippen molar-refractivity contribution in [3.8, 4) is 0 Å². The van der Waals surface area contributed by atoms with E-state index < -0.39 is 23.4 Å². The van der Waals surface area contributed by atoms with Crippen LogP contribution < -0.4 is 0 Å². The van der Waals surface area contributed by atoms with Crippen LogP contribution in [-0.2, 0) is 9.59 Å². The highest BCUT2D eigenvalue weighted by Crippen LogP contribution is 2.64. The lowest BCUT2D eigenvalue weighted by atomic mass is 9.52. The van der Waals surface area contributed by atoms with Crippen LogP contribution in [0.4, 0.5) is 0 Å². The third-order valence-electron chi connectivity index (χ3n) is 7.67. The topological polar surface area (TPSA) is 74.6 Å². The third-order valence-corrected chi connectivity index (χ3v) is 7.67. The Kier molecular flexibility index (Phi) is 3.55. The molecule has 1 fully saturated rings. The molecule has 1 saturated carbocycles. The summed E-state index contributed by atoms with van der Waals surface area (Å²) >= 11 is 0. The Morgan fingerprint density at radius 1 is 1.32 bits per heavy atom. The number of aliphatic hydroxyl groups excluding tert-OH is 1. The molecule has 0 aromatic carbocycles. The summed E-state index contributed by atoms with van der Waals surface area (Å²) in [5, 5.41) is 20.5. The minimum Gasteiger partial charge on any atom is -0.388 e. The molecular formula is C21H26O4. The highest BCUT2D eigenvalue weighted by molar-refractivity contribution is 5.94. The number of fused-ring (bicyclic) bond motifs is 5. The molecule has 4 aliphatic rings. The minimum atomic E-state index is -1.43. The molecule has 0 saturated heterocycles. The van der Waals surface area contributed by atoms with Crippen LogP contribution in [0.5, 0.6) is 0 Å². The summed E-state index contributed by atoms with van der Waals surface area (Å²) in [4.78, 5) is 24.1. The molecule has 0 aromatic rings. The molecule has 0 aliphatic heterocycles. The van der Waals surface area contributed by atoms with E-state index in [1.807, 2.05) is 13.0 Å². The van der Waals surface area contributed by atoms with Crippen molar-refractivity contribution in [3.05, 3.63) is 35.5 Å². The van der Waals surface area contributed by atoms with Crippen LogP contribution in [0.1, 0.15) is 46.0 Å². The molecule has 2 N–H and O–H groups in total. The largest absolute Gasteiger partial charge is 0.388 e. The molecule has 0 bridgehead atoms. The Hall–Kier alpha value is -1.52. The highest BCUT2D eigenvalue weighted by Gasteiger charge is 2.63. The number of hydrogen-bond acceptors (Lipinski definition) is 4. The van der Waals surface area contributed by atoms with E-state index in [1.165, 1.54) is 11.1 Å². The quantitative estimate of drug-likeness (QED) is 0.756. The van der Waals surface area contributed by atoms with Crippen LogP contribution in [0.25, 0.3) is 0 Å². The van der Waals surface area contributed by atoms with Crippen molar-refractivity contribution in [1.29, 1.82) is 0 Å². The van der Waals surface area contributed by atoms with Crippen LogP contribution in [-0.4, -0.2) is 34.0 Å². The van der Waals surface area contributed by atoms with E-state index in [1.54, 1.807) is 6.08 Å². The lowest BCUT2D eigenvalue weighted by Crippen LogP contribution is -2.55. The predicted molar refractivity (Wildman–Crippen MR) is 93.6 cm³/mol. The van der Waals surface area contributed by atoms with Crippen molar-refractivity contribution in [2.45, 2.75) is 51.6 Å². The Morgan fingerprint density at radius 2 is 2.08 bits per heavy atom. The van der Waals surface area contributed by atoms with Gasteiger partial charge in [0.2, 0.25) is 0 Å². The van der Waals surface area contributed by atoms with Gasteiger partial charge >= 0.3 is 0 Å². The van der Waals surface area contributed by atoms with Gasteiger partial charge in [-0.3, -0.25) is 9.59 Å². The van der Waals surface area contributed by atoms with Crippen molar-refractivity contribution < 1.29 is 19.8 Å². The number of carbonyl (C=O) groups is 2. The lowest BCUT2D eigenvalue weighted by molar-refractivity contribution is -0.155. The van der Waals surface area contributed by atoms with Gasteiger partial charge in [-0.15, -0.1) is 0 Å². The normalized spacial score (nSPS) is 45.2. The lowest BCUT2D eigenvalue weighted by Gasteiger charge is -2.52. The first-order chi connectivity index (χ1) is 11.8. The van der Waals surface area contributed by atoms with Crippen LogP contribution >= 0.6 is 0 Å². The Bertz CT molecular complexity index is 745. The van der Waals surface area contributed by atoms with Gasteiger partial charge in [0.05, 0.1) is 0 Å². The molecule has 0 spiro atoms. The first-order valence-electron chi connectivity index (χ1n) is 9.25. The van der Waals surface area contributed by atoms with E-state index in [0.717, 1.165) is 12.8 Å². The molecule has 0 radical (unpaired) electrons. The number of hydrogen-bond donors (Lipinski definition) is 2. The molecule has 4 rings (SSSR count). The summed E-state index contributed by atoms with van der Waals surface area (Å²) in [6.07, 6.45) is 11.4. The van der Waals surface area contributed by atoms with Gasteiger partial charge in [0.25, 0.3) is 0 Å². The van der Waals surface area contributed by atoms with E-state index in [-0.39, 0.29) is 23.0 Å². The molecule has 4 nitrogen and oxygen atoms in total. The average molecular weight is 342 g/mol. The predicted octanol–water partition coefficient (Wildman–Crippen LogP) is 2.51. The van der Waals surface area contributed by atoms with Crippen LogP contribution in [0.3, 0.4) is 0 Å². The summed E-state index contributed by atoms with van der Waals surface area (Å²) in [7, 11) is 0. The SMILES string of the molecule is C[C@]12C=CC(=O)CC1=CCC1C2=CC[C@@]2(C)C1CC[C@]2(O)C(=O)CO. The number of allylic oxidation sites excluding steroid dienone is 6. The third kappa shape index (κ3) is 2.01. The fraction of sp³-hybridized carbons (Fsp3) is 0.619. The molecule has 0 aromatic heterocycles. The fourth-order valence-corrected chi connectivity index (χ4v) is 6.04. The molecule has 25 heavy (non-hydrogen) atoms. The average Bonchev–Trinajstić information content (AvgIpc) is 2.87.